The molecule has 1 N–H and O–H groups in total. The van der Waals surface area contributed by atoms with Gasteiger partial charge in [0.2, 0.25) is 5.91 Å². The van der Waals surface area contributed by atoms with Crippen LogP contribution in [0.1, 0.15) is 12.0 Å². The van der Waals surface area contributed by atoms with Crippen molar-refractivity contribution in [1.29, 1.82) is 0 Å². The van der Waals surface area contributed by atoms with Gasteiger partial charge in [-0.3, -0.25) is 14.5 Å². The molecule has 1 amide bonds. The average molecular weight is 395 g/mol. The first-order valence-electron chi connectivity index (χ1n) is 8.95. The molecule has 0 saturated carbocycles. The molecule has 0 atom stereocenters. The van der Waals surface area contributed by atoms with Gasteiger partial charge in [0.05, 0.1) is 18.7 Å². The molecule has 0 aliphatic carbocycles. The molecule has 1 aromatic heterocycles. The maximum absolute atomic E-state index is 12.4. The summed E-state index contributed by atoms with van der Waals surface area (Å²) >= 11 is 0. The van der Waals surface area contributed by atoms with Crippen molar-refractivity contribution in [3.63, 3.8) is 0 Å². The van der Waals surface area contributed by atoms with Crippen LogP contribution in [0.25, 0.3) is 11.0 Å². The van der Waals surface area contributed by atoms with Crippen LogP contribution in [0.2, 0.25) is 0 Å². The molecule has 0 unspecified atom stereocenters. The molecule has 0 bridgehead atoms. The predicted molar refractivity (Wildman–Crippen MR) is 103 cm³/mol. The van der Waals surface area contributed by atoms with Crippen molar-refractivity contribution in [3.05, 3.63) is 64.5 Å². The molecule has 8 nitrogen and oxygen atoms in total. The minimum atomic E-state index is -0.629. The van der Waals surface area contributed by atoms with Crippen LogP contribution in [0.4, 0.5) is 5.69 Å². The van der Waals surface area contributed by atoms with Crippen LogP contribution in [0.3, 0.4) is 0 Å². The second-order valence-electron chi connectivity index (χ2n) is 6.48. The maximum Gasteiger partial charge on any atom is 0.336 e. The van der Waals surface area contributed by atoms with Gasteiger partial charge >= 0.3 is 11.6 Å². The Bertz CT molecular complexity index is 1150. The molecule has 0 saturated heterocycles. The van der Waals surface area contributed by atoms with Crippen molar-refractivity contribution in [2.45, 2.75) is 13.0 Å². The fraction of sp³-hybridized carbons (Fsp3) is 0.190. The lowest BCUT2D eigenvalue weighted by molar-refractivity contribution is -0.144. The number of aromatic hydroxyl groups is 1. The van der Waals surface area contributed by atoms with E-state index in [9.17, 15) is 19.5 Å². The number of amides is 1. The van der Waals surface area contributed by atoms with Gasteiger partial charge in [0, 0.05) is 23.1 Å². The zero-order chi connectivity index (χ0) is 20.4. The fourth-order valence-corrected chi connectivity index (χ4v) is 3.16. The van der Waals surface area contributed by atoms with Crippen LogP contribution in [-0.4, -0.2) is 30.1 Å². The normalized spacial score (nSPS) is 13.5. The van der Waals surface area contributed by atoms with Crippen LogP contribution in [0, 0.1) is 0 Å². The summed E-state index contributed by atoms with van der Waals surface area (Å²) in [5.74, 6) is -0.392. The number of rotatable bonds is 4. The van der Waals surface area contributed by atoms with Crippen LogP contribution < -0.4 is 15.3 Å². The number of esters is 1. The fourth-order valence-electron chi connectivity index (χ4n) is 3.16. The maximum atomic E-state index is 12.4. The molecule has 148 valence electrons. The summed E-state index contributed by atoms with van der Waals surface area (Å²) in [6.07, 6.45) is 0.149. The number of phenols is 1. The molecular weight excluding hydrogens is 378 g/mol. The lowest BCUT2D eigenvalue weighted by Gasteiger charge is -2.20. The van der Waals surface area contributed by atoms with E-state index in [2.05, 4.69) is 0 Å². The summed E-state index contributed by atoms with van der Waals surface area (Å²) in [6, 6.07) is 12.5. The third-order valence-corrected chi connectivity index (χ3v) is 4.52. The Hall–Kier alpha value is -3.81. The first kappa shape index (κ1) is 18.5. The van der Waals surface area contributed by atoms with Crippen LogP contribution >= 0.6 is 0 Å². The SMILES string of the molecule is O=C(CN1C(=O)CCOc2ccccc21)OCc1cc(=O)oc2cc(O)ccc12. The highest BCUT2D eigenvalue weighted by molar-refractivity contribution is 5.99. The van der Waals surface area contributed by atoms with Crippen molar-refractivity contribution >= 4 is 28.5 Å². The Morgan fingerprint density at radius 1 is 1.14 bits per heavy atom. The zero-order valence-corrected chi connectivity index (χ0v) is 15.3. The molecule has 1 aliphatic rings. The highest BCUT2D eigenvalue weighted by atomic mass is 16.5. The van der Waals surface area contributed by atoms with E-state index in [0.717, 1.165) is 0 Å². The third kappa shape index (κ3) is 3.91. The number of benzene rings is 2. The zero-order valence-electron chi connectivity index (χ0n) is 15.3. The van der Waals surface area contributed by atoms with Gasteiger partial charge in [0.15, 0.2) is 0 Å². The lowest BCUT2D eigenvalue weighted by Crippen LogP contribution is -2.36. The quantitative estimate of drug-likeness (QED) is 0.534. The van der Waals surface area contributed by atoms with Gasteiger partial charge in [0.25, 0.3) is 0 Å². The summed E-state index contributed by atoms with van der Waals surface area (Å²) in [5.41, 5.74) is 0.518. The summed E-state index contributed by atoms with van der Waals surface area (Å²) in [7, 11) is 0. The molecule has 2 aromatic carbocycles. The Kier molecular flexibility index (Phi) is 4.90. The number of nitrogens with zero attached hydrogens (tertiary/aromatic N) is 1. The molecule has 2 heterocycles. The standard InChI is InChI=1S/C21H17NO7/c23-14-5-6-15-13(9-20(25)29-18(15)10-14)12-28-21(26)11-22-16-3-1-2-4-17(16)27-8-7-19(22)24/h1-6,9-10,23H,7-8,11-12H2. The first-order chi connectivity index (χ1) is 14.0. The van der Waals surface area contributed by atoms with Gasteiger partial charge in [-0.2, -0.15) is 0 Å². The molecule has 0 spiro atoms. The predicted octanol–water partition coefficient (Wildman–Crippen LogP) is 2.36. The monoisotopic (exact) mass is 395 g/mol. The van der Waals surface area contributed by atoms with Crippen LogP contribution in [0.15, 0.2) is 57.7 Å². The molecule has 3 aromatic rings. The van der Waals surface area contributed by atoms with Gasteiger partial charge in [0.1, 0.15) is 30.2 Å². The second kappa shape index (κ2) is 7.67. The van der Waals surface area contributed by atoms with E-state index >= 15 is 0 Å². The largest absolute Gasteiger partial charge is 0.508 e. The summed E-state index contributed by atoms with van der Waals surface area (Å²) < 4.78 is 15.9. The first-order valence-corrected chi connectivity index (χ1v) is 8.95. The molecule has 4 rings (SSSR count). The van der Waals surface area contributed by atoms with E-state index in [1.54, 1.807) is 30.3 Å². The number of para-hydroxylation sites is 2. The Labute approximate surface area is 164 Å². The minimum Gasteiger partial charge on any atom is -0.508 e. The Morgan fingerprint density at radius 3 is 2.83 bits per heavy atom. The van der Waals surface area contributed by atoms with E-state index < -0.39 is 11.6 Å². The molecule has 8 heteroatoms. The smallest absolute Gasteiger partial charge is 0.336 e. The van der Waals surface area contributed by atoms with Crippen molar-refractivity contribution in [3.8, 4) is 11.5 Å². The number of carbonyl (C=O) groups is 2. The van der Waals surface area contributed by atoms with Gasteiger partial charge in [-0.25, -0.2) is 4.79 Å². The van der Waals surface area contributed by atoms with Crippen molar-refractivity contribution < 1.29 is 28.6 Å². The summed E-state index contributed by atoms with van der Waals surface area (Å²) in [5, 5.41) is 10.1. The van der Waals surface area contributed by atoms with Gasteiger partial charge < -0.3 is 19.0 Å². The second-order valence-corrected chi connectivity index (χ2v) is 6.48. The van der Waals surface area contributed by atoms with E-state index in [1.807, 2.05) is 0 Å². The summed E-state index contributed by atoms with van der Waals surface area (Å²) in [4.78, 5) is 37.9. The number of anilines is 1. The Balaban J connectivity index is 1.52. The molecule has 0 fully saturated rings. The molecular formula is C21H17NO7. The number of carbonyl (C=O) groups excluding carboxylic acids is 2. The number of fused-ring (bicyclic) bond motifs is 2. The number of hydrogen-bond acceptors (Lipinski definition) is 7. The van der Waals surface area contributed by atoms with E-state index in [1.165, 1.54) is 23.1 Å². The highest BCUT2D eigenvalue weighted by Crippen LogP contribution is 2.31. The number of hydrogen-bond donors (Lipinski definition) is 1. The van der Waals surface area contributed by atoms with Crippen molar-refractivity contribution in [2.75, 3.05) is 18.1 Å². The number of ether oxygens (including phenoxy) is 2. The van der Waals surface area contributed by atoms with E-state index in [-0.39, 0.29) is 43.4 Å². The number of phenolic OH excluding ortho intramolecular Hbond substituents is 1. The average Bonchev–Trinajstić information content (AvgIpc) is 2.85. The lowest BCUT2D eigenvalue weighted by atomic mass is 10.1. The van der Waals surface area contributed by atoms with E-state index in [0.29, 0.717) is 22.4 Å². The van der Waals surface area contributed by atoms with Gasteiger partial charge in [-0.15, -0.1) is 0 Å². The van der Waals surface area contributed by atoms with Crippen LogP contribution in [-0.2, 0) is 20.9 Å². The van der Waals surface area contributed by atoms with Gasteiger partial charge in [-0.05, 0) is 24.3 Å². The Morgan fingerprint density at radius 2 is 1.97 bits per heavy atom. The topological polar surface area (TPSA) is 106 Å². The van der Waals surface area contributed by atoms with Crippen LogP contribution in [0.5, 0.6) is 11.5 Å². The minimum absolute atomic E-state index is 0.0460. The third-order valence-electron chi connectivity index (χ3n) is 4.52. The highest BCUT2D eigenvalue weighted by Gasteiger charge is 2.25. The molecule has 29 heavy (non-hydrogen) atoms. The van der Waals surface area contributed by atoms with E-state index in [4.69, 9.17) is 13.9 Å². The van der Waals surface area contributed by atoms with Gasteiger partial charge in [-0.1, -0.05) is 12.1 Å². The van der Waals surface area contributed by atoms with Crippen molar-refractivity contribution in [1.82, 2.24) is 0 Å². The van der Waals surface area contributed by atoms with Crippen molar-refractivity contribution in [2.24, 2.45) is 0 Å². The molecule has 1 aliphatic heterocycles. The summed E-state index contributed by atoms with van der Waals surface area (Å²) in [6.45, 7) is -0.217. The molecule has 0 radical (unpaired) electrons.